The van der Waals surface area contributed by atoms with E-state index in [1.54, 1.807) is 5.56 Å². The molecule has 1 saturated carbocycles. The Morgan fingerprint density at radius 1 is 1.28 bits per heavy atom. The molecule has 0 amide bonds. The molecule has 2 bridgehead atoms. The van der Waals surface area contributed by atoms with Crippen LogP contribution in [0.25, 0.3) is 0 Å². The van der Waals surface area contributed by atoms with Crippen LogP contribution in [0.15, 0.2) is 24.3 Å². The monoisotopic (exact) mass is 242 g/mol. The predicted molar refractivity (Wildman–Crippen MR) is 72.7 cm³/mol. The van der Waals surface area contributed by atoms with Gasteiger partial charge in [0.1, 0.15) is 0 Å². The van der Waals surface area contributed by atoms with Crippen molar-refractivity contribution >= 4 is 0 Å². The highest BCUT2D eigenvalue weighted by Crippen LogP contribution is 2.56. The van der Waals surface area contributed by atoms with Crippen LogP contribution in [0.3, 0.4) is 0 Å². The van der Waals surface area contributed by atoms with Crippen molar-refractivity contribution < 1.29 is 4.74 Å². The number of hydrogen-bond donors (Lipinski definition) is 0. The zero-order valence-corrected chi connectivity index (χ0v) is 11.2. The zero-order chi connectivity index (χ0) is 12.2. The number of aryl methyl sites for hydroxylation is 1. The van der Waals surface area contributed by atoms with Crippen LogP contribution in [0, 0.1) is 12.8 Å². The first-order valence-corrected chi connectivity index (χ1v) is 7.49. The Balaban J connectivity index is 1.44. The Morgan fingerprint density at radius 3 is 2.78 bits per heavy atom. The molecule has 0 radical (unpaired) electrons. The van der Waals surface area contributed by atoms with Crippen molar-refractivity contribution in [1.82, 2.24) is 0 Å². The van der Waals surface area contributed by atoms with E-state index < -0.39 is 0 Å². The molecule has 1 heteroatoms. The van der Waals surface area contributed by atoms with E-state index in [0.717, 1.165) is 11.8 Å². The van der Waals surface area contributed by atoms with Crippen LogP contribution in [0.4, 0.5) is 0 Å². The summed E-state index contributed by atoms with van der Waals surface area (Å²) in [5, 5.41) is 0. The molecule has 0 N–H and O–H groups in total. The van der Waals surface area contributed by atoms with Crippen molar-refractivity contribution in [2.75, 3.05) is 0 Å². The Hall–Kier alpha value is -0.820. The van der Waals surface area contributed by atoms with Crippen molar-refractivity contribution in [3.05, 3.63) is 35.4 Å². The maximum atomic E-state index is 6.22. The fraction of sp³-hybridized carbons (Fsp3) is 0.647. The molecule has 4 rings (SSSR count). The van der Waals surface area contributed by atoms with Gasteiger partial charge in [-0.1, -0.05) is 29.8 Å². The van der Waals surface area contributed by atoms with Crippen LogP contribution in [-0.2, 0) is 4.74 Å². The summed E-state index contributed by atoms with van der Waals surface area (Å²) in [5.41, 5.74) is 3.26. The van der Waals surface area contributed by atoms with Gasteiger partial charge in [-0.15, -0.1) is 0 Å². The molecular weight excluding hydrogens is 220 g/mol. The molecule has 2 heterocycles. The first-order chi connectivity index (χ1) is 8.74. The molecule has 2 aliphatic heterocycles. The Bertz CT molecular complexity index is 456. The van der Waals surface area contributed by atoms with Gasteiger partial charge in [0.05, 0.1) is 11.7 Å². The molecule has 0 aromatic heterocycles. The summed E-state index contributed by atoms with van der Waals surface area (Å²) in [5.74, 6) is 1.71. The quantitative estimate of drug-likeness (QED) is 0.772. The zero-order valence-electron chi connectivity index (χ0n) is 11.2. The lowest BCUT2D eigenvalue weighted by molar-refractivity contribution is 0.00261. The number of hydrogen-bond acceptors (Lipinski definition) is 1. The van der Waals surface area contributed by atoms with E-state index >= 15 is 0 Å². The third-order valence-electron chi connectivity index (χ3n) is 5.29. The Labute approximate surface area is 110 Å². The summed E-state index contributed by atoms with van der Waals surface area (Å²) in [7, 11) is 0. The van der Waals surface area contributed by atoms with Crippen LogP contribution in [0.2, 0.25) is 0 Å². The second kappa shape index (κ2) is 3.84. The van der Waals surface area contributed by atoms with Gasteiger partial charge >= 0.3 is 0 Å². The summed E-state index contributed by atoms with van der Waals surface area (Å²) in [6.45, 7) is 2.20. The molecule has 3 aliphatic rings. The highest BCUT2D eigenvalue weighted by atomic mass is 16.5. The van der Waals surface area contributed by atoms with Gasteiger partial charge in [0, 0.05) is 0 Å². The molecule has 2 unspecified atom stereocenters. The van der Waals surface area contributed by atoms with Crippen molar-refractivity contribution in [2.45, 2.75) is 63.1 Å². The van der Waals surface area contributed by atoms with E-state index in [1.165, 1.54) is 44.1 Å². The van der Waals surface area contributed by atoms with E-state index in [4.69, 9.17) is 4.74 Å². The first kappa shape index (κ1) is 11.0. The SMILES string of the molecule is Cc1cccc(C2CC2CC23CCC(CC2)O3)c1. The summed E-state index contributed by atoms with van der Waals surface area (Å²) >= 11 is 0. The molecule has 1 aliphatic carbocycles. The maximum Gasteiger partial charge on any atom is 0.0691 e. The minimum absolute atomic E-state index is 0.300. The predicted octanol–water partition coefficient (Wildman–Crippen LogP) is 4.20. The van der Waals surface area contributed by atoms with E-state index in [0.29, 0.717) is 11.7 Å². The molecule has 1 nitrogen and oxygen atoms in total. The lowest BCUT2D eigenvalue weighted by atomic mass is 9.84. The molecule has 2 atom stereocenters. The smallest absolute Gasteiger partial charge is 0.0691 e. The third-order valence-corrected chi connectivity index (χ3v) is 5.29. The topological polar surface area (TPSA) is 9.23 Å². The molecule has 1 aromatic rings. The highest BCUT2D eigenvalue weighted by Gasteiger charge is 2.51. The molecule has 2 saturated heterocycles. The van der Waals surface area contributed by atoms with Crippen LogP contribution < -0.4 is 0 Å². The van der Waals surface area contributed by atoms with Crippen LogP contribution >= 0.6 is 0 Å². The Morgan fingerprint density at radius 2 is 2.11 bits per heavy atom. The molecule has 3 fully saturated rings. The number of rotatable bonds is 3. The minimum atomic E-state index is 0.300. The summed E-state index contributed by atoms with van der Waals surface area (Å²) in [6, 6.07) is 9.08. The normalized spacial score (nSPS) is 41.3. The van der Waals surface area contributed by atoms with Gasteiger partial charge in [0.2, 0.25) is 0 Å². The van der Waals surface area contributed by atoms with Gasteiger partial charge in [-0.2, -0.15) is 0 Å². The van der Waals surface area contributed by atoms with Crippen molar-refractivity contribution in [2.24, 2.45) is 5.92 Å². The standard InChI is InChI=1S/C17H22O/c1-12-3-2-4-13(9-12)16-10-14(16)11-17-7-5-15(18-17)6-8-17/h2-4,9,14-16H,5-8,10-11H2,1H3. The van der Waals surface area contributed by atoms with Crippen molar-refractivity contribution in [1.29, 1.82) is 0 Å². The fourth-order valence-corrected chi connectivity index (χ4v) is 4.22. The minimum Gasteiger partial charge on any atom is -0.372 e. The highest BCUT2D eigenvalue weighted by molar-refractivity contribution is 5.30. The van der Waals surface area contributed by atoms with Gasteiger partial charge in [-0.3, -0.25) is 0 Å². The summed E-state index contributed by atoms with van der Waals surface area (Å²) in [4.78, 5) is 0. The average Bonchev–Trinajstić information content (AvgIpc) is 2.83. The summed E-state index contributed by atoms with van der Waals surface area (Å²) in [6.07, 6.45) is 8.62. The van der Waals surface area contributed by atoms with E-state index in [1.807, 2.05) is 0 Å². The van der Waals surface area contributed by atoms with Crippen LogP contribution in [0.5, 0.6) is 0 Å². The van der Waals surface area contributed by atoms with E-state index in [2.05, 4.69) is 31.2 Å². The van der Waals surface area contributed by atoms with Gasteiger partial charge in [0.15, 0.2) is 0 Å². The largest absolute Gasteiger partial charge is 0.372 e. The second-order valence-corrected chi connectivity index (χ2v) is 6.72. The average molecular weight is 242 g/mol. The number of ether oxygens (including phenoxy) is 1. The Kier molecular flexibility index (Phi) is 2.35. The first-order valence-electron chi connectivity index (χ1n) is 7.49. The third kappa shape index (κ3) is 1.80. The molecule has 96 valence electrons. The van der Waals surface area contributed by atoms with Crippen molar-refractivity contribution in [3.8, 4) is 0 Å². The number of benzene rings is 1. The summed E-state index contributed by atoms with van der Waals surface area (Å²) < 4.78 is 6.22. The number of fused-ring (bicyclic) bond motifs is 2. The fourth-order valence-electron chi connectivity index (χ4n) is 4.22. The van der Waals surface area contributed by atoms with Gasteiger partial charge < -0.3 is 4.74 Å². The lowest BCUT2D eigenvalue weighted by Gasteiger charge is -2.24. The molecule has 18 heavy (non-hydrogen) atoms. The van der Waals surface area contributed by atoms with Crippen LogP contribution in [-0.4, -0.2) is 11.7 Å². The second-order valence-electron chi connectivity index (χ2n) is 6.72. The molecular formula is C17H22O. The molecule has 1 aromatic carbocycles. The van der Waals surface area contributed by atoms with E-state index in [-0.39, 0.29) is 0 Å². The maximum absolute atomic E-state index is 6.22. The van der Waals surface area contributed by atoms with Crippen LogP contribution in [0.1, 0.15) is 55.6 Å². The van der Waals surface area contributed by atoms with Gasteiger partial charge in [0.25, 0.3) is 0 Å². The van der Waals surface area contributed by atoms with Crippen molar-refractivity contribution in [3.63, 3.8) is 0 Å². The van der Waals surface area contributed by atoms with E-state index in [9.17, 15) is 0 Å². The van der Waals surface area contributed by atoms with Gasteiger partial charge in [-0.25, -0.2) is 0 Å². The molecule has 0 spiro atoms. The lowest BCUT2D eigenvalue weighted by Crippen LogP contribution is -2.25. The van der Waals surface area contributed by atoms with Gasteiger partial charge in [-0.05, 0) is 62.8 Å².